The monoisotopic (exact) mass is 779 g/mol. The number of furan rings is 1. The van der Waals surface area contributed by atoms with Gasteiger partial charge in [0.15, 0.2) is 0 Å². The topological polar surface area (TPSA) is 13.1 Å². The molecule has 0 aliphatic heterocycles. The van der Waals surface area contributed by atoms with Gasteiger partial charge in [0.2, 0.25) is 0 Å². The standard InChI is InChI=1S/C43H48B18O/c1-3-17(44)29(46)28(45)16-11-15(26-36(53)34(51)25(35(52)37(26)54)14-8-6-10-19-22(14)13-7-4-5-9-18(13)62-19)24-27(38(55)41(58)40(57)33(24)50)23(16)20-12(2)21(31(48)39(56)30(20)47)32(49)42(59)43(60)61/h1,4-10,60H,11,44-59,61H2,2H3/b28-16-,29-17-,42-32-. The number of terminal acetylenes is 1. The normalized spacial score (nSPS) is 14.3. The van der Waals surface area contributed by atoms with Crippen LogP contribution in [-0.2, 0) is 0 Å². The van der Waals surface area contributed by atoms with Crippen molar-refractivity contribution < 1.29 is 4.42 Å². The first kappa shape index (κ1) is 45.5. The number of hydrogen-bond donors (Lipinski definition) is 0. The molecule has 7 rings (SSSR count). The van der Waals surface area contributed by atoms with E-state index in [1.165, 1.54) is 148 Å². The average molecular weight is 775 g/mol. The Bertz CT molecular complexity index is 3300. The second-order valence-corrected chi connectivity index (χ2v) is 18.6. The molecule has 0 spiro atoms. The van der Waals surface area contributed by atoms with Gasteiger partial charge in [-0.1, -0.05) is 41.3 Å². The van der Waals surface area contributed by atoms with Gasteiger partial charge in [-0.2, -0.15) is 0 Å². The number of rotatable bonds is 6. The molecule has 0 saturated carbocycles. The quantitative estimate of drug-likeness (QED) is 0.121. The Labute approximate surface area is 386 Å². The molecule has 19 heteroatoms. The van der Waals surface area contributed by atoms with Crippen LogP contribution in [-0.4, -0.2) is 146 Å². The molecule has 6 aromatic rings. The predicted molar refractivity (Wildman–Crippen MR) is 329 cm³/mol. The molecule has 0 radical (unpaired) electrons. The fourth-order valence-corrected chi connectivity index (χ4v) is 10.9. The van der Waals surface area contributed by atoms with Crippen LogP contribution in [0.2, 0.25) is 0 Å². The van der Waals surface area contributed by atoms with E-state index in [2.05, 4.69) is 196 Å². The van der Waals surface area contributed by atoms with Gasteiger partial charge in [-0.3, -0.25) is 0 Å². The molecule has 1 heterocycles. The van der Waals surface area contributed by atoms with Crippen molar-refractivity contribution >= 4 is 245 Å². The van der Waals surface area contributed by atoms with Crippen LogP contribution < -0.4 is 70.5 Å². The van der Waals surface area contributed by atoms with E-state index < -0.39 is 0 Å². The zero-order valence-electron chi connectivity index (χ0n) is 40.9. The number of hydrogen-bond acceptors (Lipinski definition) is 1. The van der Waals surface area contributed by atoms with Gasteiger partial charge in [-0.25, -0.2) is 0 Å². The number of allylic oxidation sites excluding steroid dienone is 5. The maximum atomic E-state index is 6.42. The van der Waals surface area contributed by atoms with Crippen LogP contribution in [0.5, 0.6) is 0 Å². The molecule has 0 atom stereocenters. The van der Waals surface area contributed by atoms with Crippen LogP contribution in [0, 0.1) is 19.3 Å². The molecule has 5 aromatic carbocycles. The summed E-state index contributed by atoms with van der Waals surface area (Å²) in [6.07, 6.45) is 6.97. The Morgan fingerprint density at radius 3 is 1.73 bits per heavy atom. The van der Waals surface area contributed by atoms with E-state index in [4.69, 9.17) is 10.8 Å². The molecule has 0 fully saturated rings. The van der Waals surface area contributed by atoms with Gasteiger partial charge in [0, 0.05) is 10.8 Å². The third-order valence-corrected chi connectivity index (χ3v) is 15.7. The van der Waals surface area contributed by atoms with Crippen LogP contribution >= 0.6 is 0 Å². The van der Waals surface area contributed by atoms with Gasteiger partial charge < -0.3 is 4.42 Å². The fraction of sp³-hybridized carbons (Fsp3) is 0.0465. The first-order chi connectivity index (χ1) is 29.2. The van der Waals surface area contributed by atoms with Crippen molar-refractivity contribution in [2.75, 3.05) is 0 Å². The van der Waals surface area contributed by atoms with Crippen LogP contribution in [0.3, 0.4) is 0 Å². The van der Waals surface area contributed by atoms with Gasteiger partial charge in [-0.15, -0.1) is 6.42 Å². The van der Waals surface area contributed by atoms with E-state index >= 15 is 0 Å². The van der Waals surface area contributed by atoms with Crippen molar-refractivity contribution in [2.24, 2.45) is 0 Å². The van der Waals surface area contributed by atoms with Gasteiger partial charge in [0.1, 0.15) is 42.6 Å². The summed E-state index contributed by atoms with van der Waals surface area (Å²) in [4.78, 5) is 0. The summed E-state index contributed by atoms with van der Waals surface area (Å²) in [5.74, 6) is 3.01. The van der Waals surface area contributed by atoms with Crippen LogP contribution in [0.1, 0.15) is 28.7 Å². The van der Waals surface area contributed by atoms with E-state index in [1.54, 1.807) is 0 Å². The van der Waals surface area contributed by atoms with Crippen molar-refractivity contribution in [3.05, 3.63) is 103 Å². The van der Waals surface area contributed by atoms with E-state index in [1.807, 2.05) is 0 Å². The molecule has 1 aliphatic carbocycles. The van der Waals surface area contributed by atoms with Crippen molar-refractivity contribution in [3.8, 4) is 23.5 Å². The summed E-state index contributed by atoms with van der Waals surface area (Å²) in [5, 5.41) is 6.19. The van der Waals surface area contributed by atoms with Crippen LogP contribution in [0.4, 0.5) is 0 Å². The third-order valence-electron chi connectivity index (χ3n) is 15.7. The SMILES string of the molecule is B=C(B)/C(B)=C(/B)c1c(B)c(B)c(B)c(C2=c3c(B)c(B)c(B)c(B)c3=C(c3c(B)c(B)c(-c4cccc5oc6ccccc6c45)c(B)c3B)C/C2=C(B)\C(B)=C(\B)C#C)c1C. The second-order valence-electron chi connectivity index (χ2n) is 18.6. The van der Waals surface area contributed by atoms with Crippen molar-refractivity contribution in [2.45, 2.75) is 13.3 Å². The van der Waals surface area contributed by atoms with Gasteiger partial charge >= 0.3 is 260 Å². The van der Waals surface area contributed by atoms with E-state index in [9.17, 15) is 0 Å². The Kier molecular flexibility index (Phi) is 12.4. The predicted octanol–water partition coefficient (Wildman–Crippen LogP) is -17.2. The second kappa shape index (κ2) is 16.9. The third kappa shape index (κ3) is 6.89. The molecule has 0 saturated heterocycles. The number of benzene rings is 5. The molecule has 1 aliphatic rings. The van der Waals surface area contributed by atoms with Gasteiger partial charge in [0.25, 0.3) is 0 Å². The summed E-state index contributed by atoms with van der Waals surface area (Å²) >= 11 is 0. The zero-order chi connectivity index (χ0) is 45.5. The fourth-order valence-electron chi connectivity index (χ4n) is 10.9. The summed E-state index contributed by atoms with van der Waals surface area (Å²) in [5.41, 5.74) is 34.6. The molecule has 280 valence electrons. The van der Waals surface area contributed by atoms with Gasteiger partial charge in [-0.05, 0) is 23.3 Å². The van der Waals surface area contributed by atoms with E-state index in [-0.39, 0.29) is 0 Å². The van der Waals surface area contributed by atoms with Crippen molar-refractivity contribution in [1.29, 1.82) is 0 Å². The first-order valence-electron chi connectivity index (χ1n) is 22.3. The molecule has 0 bridgehead atoms. The molecule has 0 amide bonds. The van der Waals surface area contributed by atoms with Gasteiger partial charge in [0.05, 0.1) is 0 Å². The molecular formula is C43H48B18O. The van der Waals surface area contributed by atoms with Crippen LogP contribution in [0.15, 0.2) is 74.3 Å². The summed E-state index contributed by atoms with van der Waals surface area (Å²) in [6.45, 7) is 2.36. The maximum absolute atomic E-state index is 6.42. The van der Waals surface area contributed by atoms with E-state index in [0.29, 0.717) is 0 Å². The van der Waals surface area contributed by atoms with Crippen LogP contribution in [0.25, 0.3) is 49.7 Å². The molecule has 0 unspecified atom stereocenters. The Morgan fingerprint density at radius 2 is 1.13 bits per heavy atom. The minimum atomic E-state index is 0.786. The summed E-state index contributed by atoms with van der Waals surface area (Å²) in [6, 6.07) is 15.0. The molecule has 62 heavy (non-hydrogen) atoms. The average Bonchev–Trinajstić information content (AvgIpc) is 3.64. The molecule has 1 nitrogen and oxygen atoms in total. The Balaban J connectivity index is 1.74. The molecule has 1 aromatic heterocycles. The Hall–Kier alpha value is -4.54. The zero-order valence-corrected chi connectivity index (χ0v) is 40.9. The number of para-hydroxylation sites is 1. The summed E-state index contributed by atoms with van der Waals surface area (Å²) in [7, 11) is 43.4. The first-order valence-corrected chi connectivity index (χ1v) is 22.3. The van der Waals surface area contributed by atoms with Crippen molar-refractivity contribution in [1.82, 2.24) is 0 Å². The number of fused-ring (bicyclic) bond motifs is 4. The molecule has 0 N–H and O–H groups in total. The summed E-state index contributed by atoms with van der Waals surface area (Å²) < 4.78 is 6.42. The Morgan fingerprint density at radius 1 is 0.597 bits per heavy atom. The van der Waals surface area contributed by atoms with E-state index in [0.717, 1.165) is 33.8 Å². The molecular weight excluding hydrogens is 727 g/mol. The van der Waals surface area contributed by atoms with Crippen molar-refractivity contribution in [3.63, 3.8) is 0 Å². The minimum absolute atomic E-state index is 0.786.